The summed E-state index contributed by atoms with van der Waals surface area (Å²) in [6, 6.07) is 6.52. The maximum absolute atomic E-state index is 4.39. The number of hydrogen-bond donors (Lipinski definition) is 1. The summed E-state index contributed by atoms with van der Waals surface area (Å²) in [5.41, 5.74) is 0. The van der Waals surface area contributed by atoms with E-state index in [1.165, 1.54) is 25.7 Å². The Bertz CT molecular complexity index is 321. The second-order valence-corrected chi connectivity index (χ2v) is 5.14. The summed E-state index contributed by atoms with van der Waals surface area (Å²) in [4.78, 5) is 4.39. The monoisotopic (exact) mass is 268 g/mol. The fourth-order valence-corrected chi connectivity index (χ4v) is 2.64. The van der Waals surface area contributed by atoms with Crippen LogP contribution in [-0.4, -0.2) is 11.0 Å². The third-order valence-corrected chi connectivity index (χ3v) is 3.64. The first-order valence-corrected chi connectivity index (χ1v) is 6.44. The SMILES string of the molecule is CC(Nc1cccc(Br)n1)C1CCCC1. The van der Waals surface area contributed by atoms with Crippen LogP contribution in [0, 0.1) is 5.92 Å². The van der Waals surface area contributed by atoms with E-state index in [-0.39, 0.29) is 0 Å². The lowest BCUT2D eigenvalue weighted by molar-refractivity contribution is 0.481. The van der Waals surface area contributed by atoms with Crippen LogP contribution in [0.1, 0.15) is 32.6 Å². The minimum Gasteiger partial charge on any atom is -0.367 e. The predicted molar refractivity (Wildman–Crippen MR) is 67.0 cm³/mol. The number of rotatable bonds is 3. The Hall–Kier alpha value is -0.570. The maximum atomic E-state index is 4.39. The van der Waals surface area contributed by atoms with Gasteiger partial charge in [0.1, 0.15) is 10.4 Å². The molecule has 1 unspecified atom stereocenters. The zero-order valence-electron chi connectivity index (χ0n) is 9.04. The Morgan fingerprint density at radius 1 is 1.40 bits per heavy atom. The van der Waals surface area contributed by atoms with Crippen LogP contribution in [0.3, 0.4) is 0 Å². The van der Waals surface area contributed by atoms with Gasteiger partial charge < -0.3 is 5.32 Å². The van der Waals surface area contributed by atoms with Gasteiger partial charge in [-0.2, -0.15) is 0 Å². The average Bonchev–Trinajstić information content (AvgIpc) is 2.70. The van der Waals surface area contributed by atoms with Crippen molar-refractivity contribution >= 4 is 21.7 Å². The van der Waals surface area contributed by atoms with E-state index in [9.17, 15) is 0 Å². The molecule has 1 aromatic heterocycles. The van der Waals surface area contributed by atoms with Crippen LogP contribution in [0.2, 0.25) is 0 Å². The van der Waals surface area contributed by atoms with Crippen molar-refractivity contribution in [2.75, 3.05) is 5.32 Å². The molecule has 1 fully saturated rings. The molecule has 0 radical (unpaired) electrons. The molecule has 2 nitrogen and oxygen atoms in total. The minimum atomic E-state index is 0.536. The molecule has 0 aliphatic heterocycles. The smallest absolute Gasteiger partial charge is 0.127 e. The molecule has 1 aliphatic carbocycles. The molecule has 1 heterocycles. The summed E-state index contributed by atoms with van der Waals surface area (Å²) in [6.45, 7) is 2.26. The van der Waals surface area contributed by atoms with E-state index in [2.05, 4.69) is 33.2 Å². The van der Waals surface area contributed by atoms with E-state index >= 15 is 0 Å². The summed E-state index contributed by atoms with van der Waals surface area (Å²) in [5, 5.41) is 3.48. The highest BCUT2D eigenvalue weighted by molar-refractivity contribution is 9.10. The lowest BCUT2D eigenvalue weighted by atomic mass is 10.00. The van der Waals surface area contributed by atoms with Gasteiger partial charge in [0.05, 0.1) is 0 Å². The highest BCUT2D eigenvalue weighted by Crippen LogP contribution is 2.29. The Kier molecular flexibility index (Phi) is 3.62. The van der Waals surface area contributed by atoms with Gasteiger partial charge >= 0.3 is 0 Å². The maximum Gasteiger partial charge on any atom is 0.127 e. The number of pyridine rings is 1. The molecule has 0 saturated heterocycles. The number of nitrogens with one attached hydrogen (secondary N) is 1. The van der Waals surface area contributed by atoms with E-state index in [4.69, 9.17) is 0 Å². The molecule has 3 heteroatoms. The van der Waals surface area contributed by atoms with Crippen molar-refractivity contribution in [3.05, 3.63) is 22.8 Å². The van der Waals surface area contributed by atoms with Crippen molar-refractivity contribution in [2.24, 2.45) is 5.92 Å². The van der Waals surface area contributed by atoms with Gasteiger partial charge in [-0.25, -0.2) is 4.98 Å². The quantitative estimate of drug-likeness (QED) is 0.843. The van der Waals surface area contributed by atoms with Crippen molar-refractivity contribution < 1.29 is 0 Å². The van der Waals surface area contributed by atoms with Gasteiger partial charge in [0.25, 0.3) is 0 Å². The molecule has 0 bridgehead atoms. The van der Waals surface area contributed by atoms with Crippen molar-refractivity contribution in [3.8, 4) is 0 Å². The number of nitrogens with zero attached hydrogens (tertiary/aromatic N) is 1. The zero-order chi connectivity index (χ0) is 10.7. The Morgan fingerprint density at radius 3 is 2.80 bits per heavy atom. The lowest BCUT2D eigenvalue weighted by Gasteiger charge is -2.20. The van der Waals surface area contributed by atoms with Gasteiger partial charge in [-0.15, -0.1) is 0 Å². The first-order chi connectivity index (χ1) is 7.25. The molecule has 1 N–H and O–H groups in total. The molecule has 0 amide bonds. The third kappa shape index (κ3) is 2.94. The van der Waals surface area contributed by atoms with E-state index in [0.29, 0.717) is 6.04 Å². The highest BCUT2D eigenvalue weighted by Gasteiger charge is 2.21. The molecule has 1 aromatic rings. The van der Waals surface area contributed by atoms with Gasteiger partial charge in [-0.1, -0.05) is 18.9 Å². The molecular formula is C12H17BrN2. The standard InChI is InChI=1S/C12H17BrN2/c1-9(10-5-2-3-6-10)14-12-8-4-7-11(13)15-12/h4,7-10H,2-3,5-6H2,1H3,(H,14,15). The van der Waals surface area contributed by atoms with Crippen LogP contribution >= 0.6 is 15.9 Å². The Balaban J connectivity index is 1.95. The molecule has 15 heavy (non-hydrogen) atoms. The highest BCUT2D eigenvalue weighted by atomic mass is 79.9. The summed E-state index contributed by atoms with van der Waals surface area (Å²) < 4.78 is 0.895. The van der Waals surface area contributed by atoms with E-state index < -0.39 is 0 Å². The summed E-state index contributed by atoms with van der Waals surface area (Å²) in [7, 11) is 0. The first kappa shape index (κ1) is 10.9. The zero-order valence-corrected chi connectivity index (χ0v) is 10.6. The average molecular weight is 269 g/mol. The van der Waals surface area contributed by atoms with Crippen molar-refractivity contribution in [2.45, 2.75) is 38.6 Å². The van der Waals surface area contributed by atoms with Crippen LogP contribution in [0.25, 0.3) is 0 Å². The first-order valence-electron chi connectivity index (χ1n) is 5.65. The molecule has 1 aliphatic rings. The molecule has 2 rings (SSSR count). The largest absolute Gasteiger partial charge is 0.367 e. The predicted octanol–water partition coefficient (Wildman–Crippen LogP) is 3.83. The molecular weight excluding hydrogens is 252 g/mol. The fraction of sp³-hybridized carbons (Fsp3) is 0.583. The minimum absolute atomic E-state index is 0.536. The number of hydrogen-bond acceptors (Lipinski definition) is 2. The van der Waals surface area contributed by atoms with Crippen molar-refractivity contribution in [1.29, 1.82) is 0 Å². The lowest BCUT2D eigenvalue weighted by Crippen LogP contribution is -2.24. The Morgan fingerprint density at radius 2 is 2.13 bits per heavy atom. The van der Waals surface area contributed by atoms with Gasteiger partial charge in [-0.05, 0) is 53.7 Å². The van der Waals surface area contributed by atoms with Crippen LogP contribution in [0.15, 0.2) is 22.8 Å². The molecule has 82 valence electrons. The van der Waals surface area contributed by atoms with Crippen LogP contribution < -0.4 is 5.32 Å². The van der Waals surface area contributed by atoms with E-state index in [1.807, 2.05) is 18.2 Å². The molecule has 1 saturated carbocycles. The van der Waals surface area contributed by atoms with E-state index in [0.717, 1.165) is 16.3 Å². The van der Waals surface area contributed by atoms with Gasteiger partial charge in [-0.3, -0.25) is 0 Å². The van der Waals surface area contributed by atoms with Gasteiger partial charge in [0.2, 0.25) is 0 Å². The molecule has 0 aromatic carbocycles. The summed E-state index contributed by atoms with van der Waals surface area (Å²) in [6.07, 6.45) is 5.51. The third-order valence-electron chi connectivity index (χ3n) is 3.20. The topological polar surface area (TPSA) is 24.9 Å². The number of halogens is 1. The second kappa shape index (κ2) is 4.97. The second-order valence-electron chi connectivity index (χ2n) is 4.32. The summed E-state index contributed by atoms with van der Waals surface area (Å²) >= 11 is 3.38. The number of aromatic nitrogens is 1. The van der Waals surface area contributed by atoms with Gasteiger partial charge in [0, 0.05) is 6.04 Å². The number of anilines is 1. The van der Waals surface area contributed by atoms with Crippen molar-refractivity contribution in [1.82, 2.24) is 4.98 Å². The normalized spacial score (nSPS) is 19.1. The summed E-state index contributed by atoms with van der Waals surface area (Å²) in [5.74, 6) is 1.80. The van der Waals surface area contributed by atoms with E-state index in [1.54, 1.807) is 0 Å². The molecule has 0 spiro atoms. The van der Waals surface area contributed by atoms with Crippen LogP contribution in [0.4, 0.5) is 5.82 Å². The molecule has 1 atom stereocenters. The van der Waals surface area contributed by atoms with Crippen LogP contribution in [0.5, 0.6) is 0 Å². The van der Waals surface area contributed by atoms with Crippen LogP contribution in [-0.2, 0) is 0 Å². The fourth-order valence-electron chi connectivity index (χ4n) is 2.30. The Labute approximate surface area is 99.6 Å². The van der Waals surface area contributed by atoms with Crippen molar-refractivity contribution in [3.63, 3.8) is 0 Å². The van der Waals surface area contributed by atoms with Gasteiger partial charge in [0.15, 0.2) is 0 Å².